The molecule has 29 heavy (non-hydrogen) atoms. The van der Waals surface area contributed by atoms with E-state index in [9.17, 15) is 5.11 Å². The van der Waals surface area contributed by atoms with Gasteiger partial charge in [0.15, 0.2) is 0 Å². The van der Waals surface area contributed by atoms with Gasteiger partial charge in [-0.1, -0.05) is 36.4 Å². The third kappa shape index (κ3) is 3.75. The van der Waals surface area contributed by atoms with E-state index in [-0.39, 0.29) is 5.75 Å². The Kier molecular flexibility index (Phi) is 4.76. The molecule has 0 unspecified atom stereocenters. The quantitative estimate of drug-likeness (QED) is 0.545. The Morgan fingerprint density at radius 3 is 2.59 bits per heavy atom. The topological polar surface area (TPSA) is 61.4 Å². The molecular weight excluding hydrogens is 362 g/mol. The number of pyridine rings is 1. The highest BCUT2D eigenvalue weighted by atomic mass is 16.5. The summed E-state index contributed by atoms with van der Waals surface area (Å²) in [6, 6.07) is 18.2. The lowest BCUT2D eigenvalue weighted by Crippen LogP contribution is -2.35. The van der Waals surface area contributed by atoms with Gasteiger partial charge >= 0.3 is 0 Å². The van der Waals surface area contributed by atoms with Gasteiger partial charge in [-0.05, 0) is 34.9 Å². The number of H-pyrrole nitrogens is 1. The zero-order valence-electron chi connectivity index (χ0n) is 16.1. The molecule has 0 amide bonds. The van der Waals surface area contributed by atoms with Crippen LogP contribution in [0.4, 0.5) is 0 Å². The molecule has 0 atom stereocenters. The van der Waals surface area contributed by atoms with Crippen LogP contribution >= 0.6 is 0 Å². The predicted octanol–water partition coefficient (Wildman–Crippen LogP) is 4.43. The van der Waals surface area contributed by atoms with Gasteiger partial charge in [0.2, 0.25) is 0 Å². The Balaban J connectivity index is 1.44. The number of ether oxygens (including phenoxy) is 1. The third-order valence-corrected chi connectivity index (χ3v) is 5.49. The maximum atomic E-state index is 9.79. The van der Waals surface area contributed by atoms with E-state index in [1.54, 1.807) is 12.1 Å². The van der Waals surface area contributed by atoms with Crippen molar-refractivity contribution in [2.45, 2.75) is 6.54 Å². The summed E-state index contributed by atoms with van der Waals surface area (Å²) in [6.07, 6.45) is 3.85. The van der Waals surface area contributed by atoms with Crippen LogP contribution in [-0.4, -0.2) is 46.3 Å². The van der Waals surface area contributed by atoms with Gasteiger partial charge in [-0.25, -0.2) is 4.98 Å². The molecule has 1 aliphatic heterocycles. The monoisotopic (exact) mass is 385 g/mol. The number of aromatic amines is 1. The number of aromatic nitrogens is 2. The molecule has 3 heterocycles. The van der Waals surface area contributed by atoms with E-state index in [2.05, 4.69) is 45.2 Å². The van der Waals surface area contributed by atoms with Gasteiger partial charge in [0.05, 0.1) is 13.2 Å². The molecule has 5 heteroatoms. The second-order valence-corrected chi connectivity index (χ2v) is 7.46. The number of fused-ring (bicyclic) bond motifs is 1. The molecule has 1 saturated heterocycles. The van der Waals surface area contributed by atoms with Gasteiger partial charge in [-0.2, -0.15) is 0 Å². The van der Waals surface area contributed by atoms with Crippen LogP contribution in [0.5, 0.6) is 5.75 Å². The van der Waals surface area contributed by atoms with Crippen molar-refractivity contribution in [2.75, 3.05) is 26.3 Å². The van der Waals surface area contributed by atoms with Crippen molar-refractivity contribution in [3.05, 3.63) is 72.6 Å². The molecule has 2 aromatic carbocycles. The third-order valence-electron chi connectivity index (χ3n) is 5.49. The van der Waals surface area contributed by atoms with Crippen molar-refractivity contribution in [1.82, 2.24) is 14.9 Å². The van der Waals surface area contributed by atoms with Gasteiger partial charge in [0.25, 0.3) is 0 Å². The molecule has 5 nitrogen and oxygen atoms in total. The zero-order chi connectivity index (χ0) is 19.6. The van der Waals surface area contributed by atoms with Crippen molar-refractivity contribution in [3.8, 4) is 28.0 Å². The van der Waals surface area contributed by atoms with E-state index in [0.29, 0.717) is 0 Å². The minimum absolute atomic E-state index is 0.257. The largest absolute Gasteiger partial charge is 0.508 e. The van der Waals surface area contributed by atoms with Gasteiger partial charge in [0.1, 0.15) is 11.4 Å². The van der Waals surface area contributed by atoms with Crippen LogP contribution in [0.3, 0.4) is 0 Å². The number of hydrogen-bond acceptors (Lipinski definition) is 4. The zero-order valence-corrected chi connectivity index (χ0v) is 16.1. The van der Waals surface area contributed by atoms with Gasteiger partial charge in [0, 0.05) is 48.5 Å². The molecule has 1 fully saturated rings. The standard InChI is InChI=1S/C24H23N3O2/c28-21-3-1-2-19(12-21)20-13-22-23(15-26-24(22)25-14-20)18-6-4-17(5-7-18)16-27-8-10-29-11-9-27/h1-7,12-15,28H,8-11,16H2,(H,25,26). The number of nitrogens with one attached hydrogen (secondary N) is 1. The Morgan fingerprint density at radius 1 is 0.966 bits per heavy atom. The fraction of sp³-hybridized carbons (Fsp3) is 0.208. The van der Waals surface area contributed by atoms with Crippen LogP contribution in [0, 0.1) is 0 Å². The van der Waals surface area contributed by atoms with E-state index < -0.39 is 0 Å². The van der Waals surface area contributed by atoms with Crippen molar-refractivity contribution < 1.29 is 9.84 Å². The normalized spacial score (nSPS) is 15.0. The maximum absolute atomic E-state index is 9.79. The lowest BCUT2D eigenvalue weighted by atomic mass is 10.0. The minimum Gasteiger partial charge on any atom is -0.508 e. The average molecular weight is 385 g/mol. The first-order valence-corrected chi connectivity index (χ1v) is 9.92. The summed E-state index contributed by atoms with van der Waals surface area (Å²) < 4.78 is 5.43. The molecule has 0 bridgehead atoms. The van der Waals surface area contributed by atoms with Crippen LogP contribution in [0.25, 0.3) is 33.3 Å². The average Bonchev–Trinajstić information content (AvgIpc) is 3.18. The van der Waals surface area contributed by atoms with Crippen molar-refractivity contribution in [2.24, 2.45) is 0 Å². The maximum Gasteiger partial charge on any atom is 0.137 e. The predicted molar refractivity (Wildman–Crippen MR) is 115 cm³/mol. The molecule has 146 valence electrons. The molecule has 2 aromatic heterocycles. The number of phenolic OH excluding ortho intramolecular Hbond substituents is 1. The first kappa shape index (κ1) is 17.9. The Hall–Kier alpha value is -3.15. The second-order valence-electron chi connectivity index (χ2n) is 7.46. The molecule has 0 saturated carbocycles. The smallest absolute Gasteiger partial charge is 0.137 e. The van der Waals surface area contributed by atoms with Crippen molar-refractivity contribution >= 4 is 11.0 Å². The molecule has 4 aromatic rings. The summed E-state index contributed by atoms with van der Waals surface area (Å²) in [7, 11) is 0. The van der Waals surface area contributed by atoms with E-state index in [0.717, 1.165) is 66.1 Å². The Morgan fingerprint density at radius 2 is 1.79 bits per heavy atom. The van der Waals surface area contributed by atoms with E-state index in [1.165, 1.54) is 5.56 Å². The number of rotatable bonds is 4. The van der Waals surface area contributed by atoms with Gasteiger partial charge < -0.3 is 14.8 Å². The molecule has 0 spiro atoms. The lowest BCUT2D eigenvalue weighted by molar-refractivity contribution is 0.0342. The van der Waals surface area contributed by atoms with Crippen LogP contribution in [-0.2, 0) is 11.3 Å². The highest BCUT2D eigenvalue weighted by Crippen LogP contribution is 2.32. The van der Waals surface area contributed by atoms with Crippen LogP contribution in [0.2, 0.25) is 0 Å². The fourth-order valence-corrected chi connectivity index (χ4v) is 3.89. The number of aromatic hydroxyl groups is 1. The van der Waals surface area contributed by atoms with Crippen LogP contribution in [0.15, 0.2) is 67.0 Å². The first-order valence-electron chi connectivity index (χ1n) is 9.92. The highest BCUT2D eigenvalue weighted by molar-refractivity contribution is 5.95. The van der Waals surface area contributed by atoms with E-state index in [1.807, 2.05) is 24.5 Å². The molecule has 1 aliphatic rings. The highest BCUT2D eigenvalue weighted by Gasteiger charge is 2.12. The number of morpholine rings is 1. The SMILES string of the molecule is Oc1cccc(-c2cnc3[nH]cc(-c4ccc(CN5CCOCC5)cc4)c3c2)c1. The summed E-state index contributed by atoms with van der Waals surface area (Å²) in [5.41, 5.74) is 6.41. The molecule has 0 radical (unpaired) electrons. The van der Waals surface area contributed by atoms with Crippen molar-refractivity contribution in [3.63, 3.8) is 0 Å². The summed E-state index contributed by atoms with van der Waals surface area (Å²) in [5.74, 6) is 0.257. The van der Waals surface area contributed by atoms with Gasteiger partial charge in [-0.15, -0.1) is 0 Å². The summed E-state index contributed by atoms with van der Waals surface area (Å²) in [5, 5.41) is 10.9. The van der Waals surface area contributed by atoms with Crippen LogP contribution < -0.4 is 0 Å². The number of hydrogen-bond donors (Lipinski definition) is 2. The van der Waals surface area contributed by atoms with Crippen LogP contribution in [0.1, 0.15) is 5.56 Å². The van der Waals surface area contributed by atoms with Gasteiger partial charge in [-0.3, -0.25) is 4.90 Å². The summed E-state index contributed by atoms with van der Waals surface area (Å²) in [4.78, 5) is 10.3. The molecular formula is C24H23N3O2. The summed E-state index contributed by atoms with van der Waals surface area (Å²) >= 11 is 0. The first-order chi connectivity index (χ1) is 14.3. The Labute approximate surface area is 169 Å². The number of phenols is 1. The lowest BCUT2D eigenvalue weighted by Gasteiger charge is -2.26. The number of benzene rings is 2. The second kappa shape index (κ2) is 7.70. The van der Waals surface area contributed by atoms with E-state index >= 15 is 0 Å². The van der Waals surface area contributed by atoms with Crippen molar-refractivity contribution in [1.29, 1.82) is 0 Å². The number of nitrogens with zero attached hydrogens (tertiary/aromatic N) is 2. The molecule has 0 aliphatic carbocycles. The summed E-state index contributed by atoms with van der Waals surface area (Å²) in [6.45, 7) is 4.59. The molecule has 2 N–H and O–H groups in total. The van der Waals surface area contributed by atoms with E-state index in [4.69, 9.17) is 4.74 Å². The molecule has 5 rings (SSSR count). The minimum atomic E-state index is 0.257. The fourth-order valence-electron chi connectivity index (χ4n) is 3.89. The Bertz CT molecular complexity index is 1130.